The first-order chi connectivity index (χ1) is 15.3. The van der Waals surface area contributed by atoms with Gasteiger partial charge in [-0.15, -0.1) is 0 Å². The molecule has 0 aliphatic heterocycles. The second-order valence-electron chi connectivity index (χ2n) is 7.46. The molecule has 0 saturated carbocycles. The number of para-hydroxylation sites is 3. The number of aryl methyl sites for hydroxylation is 2. The van der Waals surface area contributed by atoms with E-state index in [2.05, 4.69) is 60.0 Å². The molecule has 0 amide bonds. The molecule has 0 saturated heterocycles. The Bertz CT molecular complexity index is 1470. The fourth-order valence-electron chi connectivity index (χ4n) is 4.01. The van der Waals surface area contributed by atoms with Gasteiger partial charge in [-0.05, 0) is 37.3 Å². The maximum Gasteiger partial charge on any atom is 0.374 e. The van der Waals surface area contributed by atoms with E-state index in [1.165, 1.54) is 0 Å². The van der Waals surface area contributed by atoms with Crippen molar-refractivity contribution in [2.24, 2.45) is 7.05 Å². The van der Waals surface area contributed by atoms with E-state index in [4.69, 9.17) is 9.72 Å². The highest BCUT2D eigenvalue weighted by Crippen LogP contribution is 2.31. The third-order valence-corrected chi connectivity index (χ3v) is 5.53. The van der Waals surface area contributed by atoms with E-state index in [-0.39, 0.29) is 0 Å². The Balaban J connectivity index is 2.04. The van der Waals surface area contributed by atoms with Crippen molar-refractivity contribution in [2.45, 2.75) is 13.5 Å². The van der Waals surface area contributed by atoms with Gasteiger partial charge in [0.2, 0.25) is 5.88 Å². The zero-order valence-electron chi connectivity index (χ0n) is 17.7. The van der Waals surface area contributed by atoms with Crippen molar-refractivity contribution in [2.75, 3.05) is 0 Å². The minimum absolute atomic E-state index is 0.749. The number of nitrogens with zero attached hydrogens (tertiary/aromatic N) is 3. The SMILES string of the molecule is CCn1c(Oc2cccc[n+]2C)c2ccccc2nc2ccccc2c2ccccc21. The molecule has 152 valence electrons. The van der Waals surface area contributed by atoms with Crippen LogP contribution in [-0.4, -0.2) is 9.55 Å². The van der Waals surface area contributed by atoms with Gasteiger partial charge >= 0.3 is 5.88 Å². The lowest BCUT2D eigenvalue weighted by Crippen LogP contribution is -2.29. The summed E-state index contributed by atoms with van der Waals surface area (Å²) in [6.45, 7) is 2.90. The molecule has 0 radical (unpaired) electrons. The van der Waals surface area contributed by atoms with Crippen LogP contribution in [0.25, 0.3) is 32.7 Å². The normalized spacial score (nSPS) is 11.0. The predicted molar refractivity (Wildman–Crippen MR) is 126 cm³/mol. The highest BCUT2D eigenvalue weighted by molar-refractivity contribution is 6.04. The maximum atomic E-state index is 6.61. The third-order valence-electron chi connectivity index (χ3n) is 5.53. The van der Waals surface area contributed by atoms with Crippen LogP contribution in [0.1, 0.15) is 6.92 Å². The zero-order valence-corrected chi connectivity index (χ0v) is 17.7. The molecule has 2 heterocycles. The van der Waals surface area contributed by atoms with Gasteiger partial charge < -0.3 is 9.30 Å². The predicted octanol–water partition coefficient (Wildman–Crippen LogP) is 6.10. The molecule has 0 spiro atoms. The van der Waals surface area contributed by atoms with Gasteiger partial charge in [-0.25, -0.2) is 4.98 Å². The molecule has 0 unspecified atom stereocenters. The Morgan fingerprint density at radius 1 is 0.742 bits per heavy atom. The average molecular weight is 407 g/mol. The molecule has 4 nitrogen and oxygen atoms in total. The van der Waals surface area contributed by atoms with Crippen molar-refractivity contribution in [3.8, 4) is 11.8 Å². The van der Waals surface area contributed by atoms with Crippen LogP contribution in [0.3, 0.4) is 0 Å². The molecule has 0 fully saturated rings. The second kappa shape index (κ2) is 8.07. The molecule has 0 aliphatic rings. The van der Waals surface area contributed by atoms with E-state index in [9.17, 15) is 0 Å². The van der Waals surface area contributed by atoms with Crippen LogP contribution in [0.15, 0.2) is 97.2 Å². The van der Waals surface area contributed by atoms with Crippen LogP contribution in [0.2, 0.25) is 0 Å². The Labute approximate surface area is 181 Å². The van der Waals surface area contributed by atoms with Crippen LogP contribution in [0.5, 0.6) is 11.8 Å². The van der Waals surface area contributed by atoms with Gasteiger partial charge in [0, 0.05) is 23.4 Å². The van der Waals surface area contributed by atoms with Gasteiger partial charge in [-0.3, -0.25) is 0 Å². The average Bonchev–Trinajstić information content (AvgIpc) is 2.85. The molecule has 0 N–H and O–H groups in total. The Kier molecular flexibility index (Phi) is 4.97. The summed E-state index contributed by atoms with van der Waals surface area (Å²) in [5.41, 5.74) is 2.93. The third kappa shape index (κ3) is 3.46. The van der Waals surface area contributed by atoms with E-state index in [0.717, 1.165) is 51.0 Å². The summed E-state index contributed by atoms with van der Waals surface area (Å²) in [7, 11) is 1.99. The highest BCUT2D eigenvalue weighted by atomic mass is 16.5. The molecular weight excluding hydrogens is 382 g/mol. The van der Waals surface area contributed by atoms with Crippen molar-refractivity contribution in [1.82, 2.24) is 9.55 Å². The van der Waals surface area contributed by atoms with Crippen LogP contribution in [-0.2, 0) is 13.6 Å². The second-order valence-corrected chi connectivity index (χ2v) is 7.46. The number of rotatable bonds is 3. The molecule has 3 aromatic carbocycles. The molecule has 31 heavy (non-hydrogen) atoms. The standard InChI is InChI=1S/C27H24N3O/c1-3-30-25-17-9-6-13-21(25)20-12-4-7-15-23(20)28-24-16-8-5-14-22(24)27(30)31-26-18-10-11-19-29(26)2/h4-19H,3H2,1-2H3/q+1. The number of fused-ring (bicyclic) bond motifs is 4. The first-order valence-electron chi connectivity index (χ1n) is 10.5. The number of hydrogen-bond acceptors (Lipinski definition) is 2. The number of hydrogen-bond donors (Lipinski definition) is 0. The summed E-state index contributed by atoms with van der Waals surface area (Å²) < 4.78 is 10.8. The first kappa shape index (κ1) is 19.1. The van der Waals surface area contributed by atoms with Crippen LogP contribution >= 0.6 is 0 Å². The Morgan fingerprint density at radius 2 is 1.35 bits per heavy atom. The quantitative estimate of drug-likeness (QED) is 0.339. The van der Waals surface area contributed by atoms with E-state index >= 15 is 0 Å². The van der Waals surface area contributed by atoms with Gasteiger partial charge in [0.05, 0.1) is 28.0 Å². The van der Waals surface area contributed by atoms with E-state index in [1.807, 2.05) is 60.3 Å². The van der Waals surface area contributed by atoms with Crippen molar-refractivity contribution < 1.29 is 9.30 Å². The van der Waals surface area contributed by atoms with Crippen molar-refractivity contribution in [3.63, 3.8) is 0 Å². The van der Waals surface area contributed by atoms with Gasteiger partial charge in [0.25, 0.3) is 0 Å². The molecule has 0 aliphatic carbocycles. The molecule has 4 heteroatoms. The molecule has 2 aromatic heterocycles. The highest BCUT2D eigenvalue weighted by Gasteiger charge is 2.15. The summed E-state index contributed by atoms with van der Waals surface area (Å²) in [6.07, 6.45) is 1.99. The Morgan fingerprint density at radius 3 is 2.10 bits per heavy atom. The number of aromatic nitrogens is 3. The van der Waals surface area contributed by atoms with Crippen molar-refractivity contribution in [3.05, 3.63) is 97.2 Å². The zero-order chi connectivity index (χ0) is 21.2. The molecular formula is C27H24N3O+. The van der Waals surface area contributed by atoms with Gasteiger partial charge in [-0.1, -0.05) is 48.5 Å². The number of benzene rings is 3. The summed E-state index contributed by atoms with van der Waals surface area (Å²) >= 11 is 0. The molecule has 5 rings (SSSR count). The number of ether oxygens (including phenoxy) is 1. The molecule has 0 bridgehead atoms. The monoisotopic (exact) mass is 406 g/mol. The van der Waals surface area contributed by atoms with Gasteiger partial charge in [0.1, 0.15) is 7.05 Å². The van der Waals surface area contributed by atoms with E-state index in [1.54, 1.807) is 0 Å². The molecule has 0 atom stereocenters. The minimum atomic E-state index is 0.749. The molecule has 5 aromatic rings. The van der Waals surface area contributed by atoms with Crippen LogP contribution in [0, 0.1) is 0 Å². The fraction of sp³-hybridized carbons (Fsp3) is 0.111. The minimum Gasteiger partial charge on any atom is -0.387 e. The smallest absolute Gasteiger partial charge is 0.374 e. The van der Waals surface area contributed by atoms with Gasteiger partial charge in [0.15, 0.2) is 6.20 Å². The summed E-state index contributed by atoms with van der Waals surface area (Å²) in [5, 5.41) is 3.20. The van der Waals surface area contributed by atoms with Crippen LogP contribution < -0.4 is 9.30 Å². The van der Waals surface area contributed by atoms with Gasteiger partial charge in [-0.2, -0.15) is 4.57 Å². The van der Waals surface area contributed by atoms with Crippen LogP contribution in [0.4, 0.5) is 0 Å². The lowest BCUT2D eigenvalue weighted by Gasteiger charge is -2.14. The summed E-state index contributed by atoms with van der Waals surface area (Å²) in [4.78, 5) is 5.07. The summed E-state index contributed by atoms with van der Waals surface area (Å²) in [5.74, 6) is 1.53. The maximum absolute atomic E-state index is 6.61. The topological polar surface area (TPSA) is 30.9 Å². The first-order valence-corrected chi connectivity index (χ1v) is 10.5. The van der Waals surface area contributed by atoms with E-state index in [0.29, 0.717) is 0 Å². The largest absolute Gasteiger partial charge is 0.387 e. The lowest BCUT2D eigenvalue weighted by molar-refractivity contribution is -0.675. The number of pyridine rings is 1. The van der Waals surface area contributed by atoms with Crippen molar-refractivity contribution >= 4 is 32.7 Å². The fourth-order valence-corrected chi connectivity index (χ4v) is 4.01. The van der Waals surface area contributed by atoms with E-state index < -0.39 is 0 Å². The van der Waals surface area contributed by atoms with Crippen molar-refractivity contribution in [1.29, 1.82) is 0 Å². The Hall–Kier alpha value is -3.92. The summed E-state index contributed by atoms with van der Waals surface area (Å²) in [6, 6.07) is 30.9. The lowest BCUT2D eigenvalue weighted by atomic mass is 10.1.